The zero-order valence-corrected chi connectivity index (χ0v) is 18.4. The SMILES string of the molecule is COC(=O)c1c(-c2ccc(I)c(F)c2Br)nn(-c2ccccc2)c1C(=O)OC. The molecular formula is C19H13BrFIN2O4. The van der Waals surface area contributed by atoms with Gasteiger partial charge in [0.25, 0.3) is 0 Å². The molecule has 0 aliphatic rings. The van der Waals surface area contributed by atoms with Gasteiger partial charge in [0.05, 0.1) is 24.4 Å². The van der Waals surface area contributed by atoms with E-state index >= 15 is 0 Å². The van der Waals surface area contributed by atoms with Crippen molar-refractivity contribution in [1.82, 2.24) is 9.78 Å². The minimum atomic E-state index is -0.788. The molecule has 0 amide bonds. The Bertz CT molecular complexity index is 1070. The van der Waals surface area contributed by atoms with Crippen LogP contribution < -0.4 is 0 Å². The highest BCUT2D eigenvalue weighted by molar-refractivity contribution is 14.1. The number of methoxy groups -OCH3 is 2. The third-order valence-corrected chi connectivity index (χ3v) is 5.55. The molecule has 2 aromatic carbocycles. The van der Waals surface area contributed by atoms with Gasteiger partial charge < -0.3 is 9.47 Å². The Hall–Kier alpha value is -2.27. The molecule has 3 aromatic rings. The number of carbonyl (C=O) groups excluding carboxylic acids is 2. The summed E-state index contributed by atoms with van der Waals surface area (Å²) in [5.41, 5.74) is 0.707. The highest BCUT2D eigenvalue weighted by atomic mass is 127. The van der Waals surface area contributed by atoms with Gasteiger partial charge in [-0.2, -0.15) is 5.10 Å². The van der Waals surface area contributed by atoms with Gasteiger partial charge >= 0.3 is 11.9 Å². The summed E-state index contributed by atoms with van der Waals surface area (Å²) in [6, 6.07) is 11.9. The van der Waals surface area contributed by atoms with E-state index in [0.717, 1.165) is 0 Å². The maximum Gasteiger partial charge on any atom is 0.357 e. The smallest absolute Gasteiger partial charge is 0.357 e. The predicted octanol–water partition coefficient (Wildman–Crippen LogP) is 4.62. The third-order valence-electron chi connectivity index (χ3n) is 3.94. The summed E-state index contributed by atoms with van der Waals surface area (Å²) in [6.45, 7) is 0. The third kappa shape index (κ3) is 3.55. The lowest BCUT2D eigenvalue weighted by molar-refractivity contribution is 0.0549. The summed E-state index contributed by atoms with van der Waals surface area (Å²) >= 11 is 5.08. The molecule has 3 rings (SSSR count). The molecule has 0 N–H and O–H groups in total. The number of para-hydroxylation sites is 1. The first-order valence-corrected chi connectivity index (χ1v) is 9.76. The fourth-order valence-electron chi connectivity index (χ4n) is 2.65. The molecule has 0 bridgehead atoms. The first kappa shape index (κ1) is 20.5. The summed E-state index contributed by atoms with van der Waals surface area (Å²) in [5.74, 6) is -2.06. The molecule has 9 heteroatoms. The Morgan fingerprint density at radius 1 is 1.07 bits per heavy atom. The van der Waals surface area contributed by atoms with Crippen LogP contribution in [0.2, 0.25) is 0 Å². The monoisotopic (exact) mass is 558 g/mol. The topological polar surface area (TPSA) is 70.4 Å². The van der Waals surface area contributed by atoms with Crippen LogP contribution in [-0.2, 0) is 9.47 Å². The maximum absolute atomic E-state index is 14.4. The van der Waals surface area contributed by atoms with Crippen LogP contribution in [0.15, 0.2) is 46.9 Å². The molecule has 0 radical (unpaired) electrons. The molecule has 0 saturated heterocycles. The Kier molecular flexibility index (Phi) is 6.14. The molecular weight excluding hydrogens is 546 g/mol. The molecule has 6 nitrogen and oxygen atoms in total. The Balaban J connectivity index is 2.41. The second-order valence-electron chi connectivity index (χ2n) is 5.53. The Labute approximate surface area is 181 Å². The maximum atomic E-state index is 14.4. The molecule has 1 heterocycles. The summed E-state index contributed by atoms with van der Waals surface area (Å²) in [5, 5.41) is 4.44. The van der Waals surface area contributed by atoms with E-state index in [-0.39, 0.29) is 21.4 Å². The van der Waals surface area contributed by atoms with Crippen LogP contribution in [-0.4, -0.2) is 35.9 Å². The number of ether oxygens (including phenoxy) is 2. The lowest BCUT2D eigenvalue weighted by Gasteiger charge is -2.07. The molecule has 144 valence electrons. The minimum absolute atomic E-state index is 0.0956. The van der Waals surface area contributed by atoms with Crippen LogP contribution in [0, 0.1) is 9.39 Å². The van der Waals surface area contributed by atoms with Crippen molar-refractivity contribution in [2.45, 2.75) is 0 Å². The summed E-state index contributed by atoms with van der Waals surface area (Å²) in [6.07, 6.45) is 0. The zero-order valence-electron chi connectivity index (χ0n) is 14.7. The fourth-order valence-corrected chi connectivity index (χ4v) is 4.01. The molecule has 28 heavy (non-hydrogen) atoms. The summed E-state index contributed by atoms with van der Waals surface area (Å²) in [7, 11) is 2.39. The van der Waals surface area contributed by atoms with Gasteiger partial charge in [0.1, 0.15) is 11.3 Å². The second-order valence-corrected chi connectivity index (χ2v) is 7.48. The van der Waals surface area contributed by atoms with Crippen LogP contribution in [0.25, 0.3) is 16.9 Å². The van der Waals surface area contributed by atoms with Gasteiger partial charge in [0, 0.05) is 9.13 Å². The van der Waals surface area contributed by atoms with Gasteiger partial charge in [-0.3, -0.25) is 0 Å². The Morgan fingerprint density at radius 2 is 1.71 bits per heavy atom. The first-order valence-electron chi connectivity index (χ1n) is 7.89. The standard InChI is InChI=1S/C19H13BrFIN2O4/c1-27-18(25)13-16(11-8-9-12(22)15(21)14(11)20)23-24(17(13)19(26)28-2)10-6-4-3-5-7-10/h3-9H,1-2H3. The van der Waals surface area contributed by atoms with Crippen molar-refractivity contribution in [3.05, 3.63) is 67.6 Å². The minimum Gasteiger partial charge on any atom is -0.465 e. The number of halogens is 3. The van der Waals surface area contributed by atoms with E-state index in [4.69, 9.17) is 9.47 Å². The van der Waals surface area contributed by atoms with E-state index in [1.165, 1.54) is 18.9 Å². The lowest BCUT2D eigenvalue weighted by Crippen LogP contribution is -2.15. The number of esters is 2. The lowest BCUT2D eigenvalue weighted by atomic mass is 10.1. The largest absolute Gasteiger partial charge is 0.465 e. The molecule has 0 fully saturated rings. The van der Waals surface area contributed by atoms with Crippen LogP contribution in [0.5, 0.6) is 0 Å². The molecule has 0 spiro atoms. The van der Waals surface area contributed by atoms with Gasteiger partial charge in [-0.15, -0.1) is 0 Å². The van der Waals surface area contributed by atoms with E-state index in [1.807, 2.05) is 22.6 Å². The zero-order chi connectivity index (χ0) is 20.4. The summed E-state index contributed by atoms with van der Waals surface area (Å²) in [4.78, 5) is 25.1. The van der Waals surface area contributed by atoms with Gasteiger partial charge in [-0.05, 0) is 56.7 Å². The number of hydrogen-bond donors (Lipinski definition) is 0. The van der Waals surface area contributed by atoms with Crippen molar-refractivity contribution >= 4 is 50.5 Å². The first-order chi connectivity index (χ1) is 13.4. The van der Waals surface area contributed by atoms with Gasteiger partial charge in [0.2, 0.25) is 0 Å². The molecule has 0 aliphatic carbocycles. The summed E-state index contributed by atoms with van der Waals surface area (Å²) < 4.78 is 26.0. The van der Waals surface area contributed by atoms with Crippen LogP contribution in [0.4, 0.5) is 4.39 Å². The van der Waals surface area contributed by atoms with Gasteiger partial charge in [-0.1, -0.05) is 24.3 Å². The number of nitrogens with zero attached hydrogens (tertiary/aromatic N) is 2. The average Bonchev–Trinajstić information content (AvgIpc) is 3.12. The van der Waals surface area contributed by atoms with Crippen molar-refractivity contribution in [3.63, 3.8) is 0 Å². The van der Waals surface area contributed by atoms with Crippen molar-refractivity contribution in [3.8, 4) is 16.9 Å². The Morgan fingerprint density at radius 3 is 2.32 bits per heavy atom. The second kappa shape index (κ2) is 8.39. The molecule has 0 unspecified atom stereocenters. The number of benzene rings is 2. The van der Waals surface area contributed by atoms with Crippen molar-refractivity contribution in [2.24, 2.45) is 0 Å². The van der Waals surface area contributed by atoms with Crippen LogP contribution in [0.1, 0.15) is 20.8 Å². The number of rotatable bonds is 4. The van der Waals surface area contributed by atoms with Crippen molar-refractivity contribution < 1.29 is 23.5 Å². The molecule has 0 atom stereocenters. The number of carbonyl (C=O) groups is 2. The van der Waals surface area contributed by atoms with E-state index in [9.17, 15) is 14.0 Å². The average molecular weight is 559 g/mol. The van der Waals surface area contributed by atoms with Crippen LogP contribution >= 0.6 is 38.5 Å². The molecule has 1 aromatic heterocycles. The van der Waals surface area contributed by atoms with E-state index in [1.54, 1.807) is 42.5 Å². The highest BCUT2D eigenvalue weighted by Gasteiger charge is 2.32. The van der Waals surface area contributed by atoms with Crippen LogP contribution in [0.3, 0.4) is 0 Å². The normalized spacial score (nSPS) is 10.6. The highest BCUT2D eigenvalue weighted by Crippen LogP contribution is 2.36. The van der Waals surface area contributed by atoms with E-state index in [2.05, 4.69) is 21.0 Å². The number of hydrogen-bond acceptors (Lipinski definition) is 5. The van der Waals surface area contributed by atoms with Gasteiger partial charge in [-0.25, -0.2) is 18.7 Å². The molecule has 0 aliphatic heterocycles. The number of aromatic nitrogens is 2. The molecule has 0 saturated carbocycles. The fraction of sp³-hybridized carbons (Fsp3) is 0.105. The van der Waals surface area contributed by atoms with E-state index in [0.29, 0.717) is 14.8 Å². The quantitative estimate of drug-likeness (QED) is 0.265. The van der Waals surface area contributed by atoms with Gasteiger partial charge in [0.15, 0.2) is 11.5 Å². The predicted molar refractivity (Wildman–Crippen MR) is 112 cm³/mol. The van der Waals surface area contributed by atoms with Crippen molar-refractivity contribution in [2.75, 3.05) is 14.2 Å². The van der Waals surface area contributed by atoms with E-state index < -0.39 is 17.8 Å². The van der Waals surface area contributed by atoms with Crippen molar-refractivity contribution in [1.29, 1.82) is 0 Å².